The summed E-state index contributed by atoms with van der Waals surface area (Å²) in [6.45, 7) is 0. The van der Waals surface area contributed by atoms with Gasteiger partial charge in [-0.2, -0.15) is 13.2 Å². The third kappa shape index (κ3) is 3.54. The van der Waals surface area contributed by atoms with Crippen LogP contribution < -0.4 is 5.32 Å². The number of carboxylic acid groups (broad SMARTS) is 1. The molecule has 0 aromatic carbocycles. The molecule has 0 aliphatic carbocycles. The predicted octanol–water partition coefficient (Wildman–Crippen LogP) is 0.383. The van der Waals surface area contributed by atoms with Gasteiger partial charge in [0.2, 0.25) is 0 Å². The van der Waals surface area contributed by atoms with E-state index in [1.807, 2.05) is 0 Å². The molecule has 0 aliphatic heterocycles. The second-order valence-corrected chi connectivity index (χ2v) is 2.12. The average Bonchev–Trinajstić information content (AvgIpc) is 1.96. The van der Waals surface area contributed by atoms with Crippen molar-refractivity contribution in [3.8, 4) is 0 Å². The van der Waals surface area contributed by atoms with Crippen molar-refractivity contribution in [1.29, 1.82) is 0 Å². The maximum absolute atomic E-state index is 11.7. The third-order valence-corrected chi connectivity index (χ3v) is 1.06. The monoisotopic (exact) mass is 221 g/mol. The number of carbonyl (C=O) groups is 2. The Morgan fingerprint density at radius 3 is 1.86 bits per heavy atom. The van der Waals surface area contributed by atoms with Crippen molar-refractivity contribution < 1.29 is 36.6 Å². The van der Waals surface area contributed by atoms with Crippen LogP contribution in [0.1, 0.15) is 0 Å². The van der Waals surface area contributed by atoms with Crippen molar-refractivity contribution in [3.05, 3.63) is 0 Å². The molecule has 0 unspecified atom stereocenters. The van der Waals surface area contributed by atoms with E-state index in [0.29, 0.717) is 5.32 Å². The number of aliphatic carboxylic acids is 1. The average molecular weight is 221 g/mol. The van der Waals surface area contributed by atoms with Crippen LogP contribution in [-0.4, -0.2) is 35.6 Å². The van der Waals surface area contributed by atoms with Crippen molar-refractivity contribution in [1.82, 2.24) is 5.32 Å². The van der Waals surface area contributed by atoms with Crippen molar-refractivity contribution in [2.45, 2.75) is 18.6 Å². The second kappa shape index (κ2) is 4.20. The molecule has 0 aliphatic rings. The van der Waals surface area contributed by atoms with Gasteiger partial charge in [0.15, 0.2) is 6.04 Å². The van der Waals surface area contributed by atoms with E-state index < -0.39 is 30.5 Å². The Balaban J connectivity index is 4.48. The number of rotatable bonds is 3. The molecule has 4 nitrogen and oxygen atoms in total. The van der Waals surface area contributed by atoms with Gasteiger partial charge in [0.1, 0.15) is 0 Å². The Bertz CT molecular complexity index is 238. The fourth-order valence-electron chi connectivity index (χ4n) is 0.456. The molecule has 2 N–H and O–H groups in total. The van der Waals surface area contributed by atoms with E-state index in [1.54, 1.807) is 0 Å². The van der Waals surface area contributed by atoms with Crippen LogP contribution >= 0.6 is 0 Å². The highest BCUT2D eigenvalue weighted by molar-refractivity contribution is 5.87. The molecule has 0 spiro atoms. The SMILES string of the molecule is O=C(O)[C@@H](NC(=O)C(F)(F)F)C(F)F. The van der Waals surface area contributed by atoms with Gasteiger partial charge in [-0.15, -0.1) is 0 Å². The van der Waals surface area contributed by atoms with Gasteiger partial charge >= 0.3 is 18.1 Å². The van der Waals surface area contributed by atoms with Crippen LogP contribution in [0.25, 0.3) is 0 Å². The standard InChI is InChI=1S/C5H4F5NO3/c6-2(7)1(3(12)13)11-4(14)5(8,9)10/h1-2H,(H,11,14)(H,12,13)/t1-/m0/s1. The summed E-state index contributed by atoms with van der Waals surface area (Å²) in [6, 6.07) is -2.86. The van der Waals surface area contributed by atoms with Gasteiger partial charge in [-0.3, -0.25) is 4.79 Å². The van der Waals surface area contributed by atoms with Crippen LogP contribution in [-0.2, 0) is 9.59 Å². The van der Waals surface area contributed by atoms with Crippen LogP contribution in [0.4, 0.5) is 22.0 Å². The van der Waals surface area contributed by atoms with Gasteiger partial charge < -0.3 is 10.4 Å². The van der Waals surface area contributed by atoms with Crippen molar-refractivity contribution in [2.24, 2.45) is 0 Å². The summed E-state index contributed by atoms with van der Waals surface area (Å²) < 4.78 is 57.9. The van der Waals surface area contributed by atoms with E-state index in [-0.39, 0.29) is 0 Å². The molecule has 0 radical (unpaired) electrons. The third-order valence-electron chi connectivity index (χ3n) is 1.06. The summed E-state index contributed by atoms with van der Waals surface area (Å²) in [5.41, 5.74) is 0. The molecule has 0 heterocycles. The van der Waals surface area contributed by atoms with Crippen LogP contribution in [0.5, 0.6) is 0 Å². The Morgan fingerprint density at radius 2 is 1.64 bits per heavy atom. The first-order valence-electron chi connectivity index (χ1n) is 3.05. The topological polar surface area (TPSA) is 66.4 Å². The summed E-state index contributed by atoms with van der Waals surface area (Å²) in [6.07, 6.45) is -9.00. The zero-order chi connectivity index (χ0) is 11.5. The molecule has 0 rings (SSSR count). The Morgan fingerprint density at radius 1 is 1.21 bits per heavy atom. The van der Waals surface area contributed by atoms with Crippen molar-refractivity contribution in [2.75, 3.05) is 0 Å². The molecule has 0 saturated carbocycles. The number of alkyl halides is 5. The fraction of sp³-hybridized carbons (Fsp3) is 0.600. The summed E-state index contributed by atoms with van der Waals surface area (Å²) in [7, 11) is 0. The van der Waals surface area contributed by atoms with E-state index in [9.17, 15) is 31.5 Å². The lowest BCUT2D eigenvalue weighted by atomic mass is 10.3. The van der Waals surface area contributed by atoms with Crippen LogP contribution in [0, 0.1) is 0 Å². The first-order chi connectivity index (χ1) is 6.16. The van der Waals surface area contributed by atoms with E-state index in [4.69, 9.17) is 5.11 Å². The van der Waals surface area contributed by atoms with Crippen LogP contribution in [0.3, 0.4) is 0 Å². The number of hydrogen-bond acceptors (Lipinski definition) is 2. The van der Waals surface area contributed by atoms with Crippen molar-refractivity contribution in [3.63, 3.8) is 0 Å². The first-order valence-corrected chi connectivity index (χ1v) is 3.05. The summed E-state index contributed by atoms with van der Waals surface area (Å²) in [4.78, 5) is 20.0. The molecule has 1 amide bonds. The predicted molar refractivity (Wildman–Crippen MR) is 31.6 cm³/mol. The molecule has 0 bridgehead atoms. The quantitative estimate of drug-likeness (QED) is 0.677. The highest BCUT2D eigenvalue weighted by Gasteiger charge is 2.42. The fourth-order valence-corrected chi connectivity index (χ4v) is 0.456. The molecule has 14 heavy (non-hydrogen) atoms. The molecular formula is C5H4F5NO3. The van der Waals surface area contributed by atoms with Crippen LogP contribution in [0.15, 0.2) is 0 Å². The minimum atomic E-state index is -5.39. The van der Waals surface area contributed by atoms with Gasteiger partial charge in [0.25, 0.3) is 6.43 Å². The maximum atomic E-state index is 11.7. The number of amides is 1. The Hall–Kier alpha value is -1.41. The summed E-state index contributed by atoms with van der Waals surface area (Å²) in [5.74, 6) is -4.96. The number of hydrogen-bond donors (Lipinski definition) is 2. The van der Waals surface area contributed by atoms with Gasteiger partial charge in [0, 0.05) is 0 Å². The minimum Gasteiger partial charge on any atom is -0.480 e. The lowest BCUT2D eigenvalue weighted by Crippen LogP contribution is -2.50. The number of nitrogens with one attached hydrogen (secondary N) is 1. The molecule has 0 aromatic heterocycles. The van der Waals surface area contributed by atoms with Gasteiger partial charge in [-0.05, 0) is 0 Å². The Labute approximate surface area is 73.7 Å². The van der Waals surface area contributed by atoms with E-state index >= 15 is 0 Å². The zero-order valence-electron chi connectivity index (χ0n) is 6.31. The van der Waals surface area contributed by atoms with E-state index in [0.717, 1.165) is 0 Å². The van der Waals surface area contributed by atoms with Crippen LogP contribution in [0.2, 0.25) is 0 Å². The highest BCUT2D eigenvalue weighted by atomic mass is 19.4. The Kier molecular flexibility index (Phi) is 3.78. The highest BCUT2D eigenvalue weighted by Crippen LogP contribution is 2.15. The maximum Gasteiger partial charge on any atom is 0.471 e. The van der Waals surface area contributed by atoms with E-state index in [1.165, 1.54) is 0 Å². The first kappa shape index (κ1) is 12.6. The molecule has 1 atom stereocenters. The number of carbonyl (C=O) groups excluding carboxylic acids is 1. The molecule has 0 aromatic rings. The van der Waals surface area contributed by atoms with E-state index in [2.05, 4.69) is 0 Å². The van der Waals surface area contributed by atoms with Gasteiger partial charge in [-0.1, -0.05) is 0 Å². The zero-order valence-corrected chi connectivity index (χ0v) is 6.31. The molecule has 82 valence electrons. The van der Waals surface area contributed by atoms with Crippen molar-refractivity contribution >= 4 is 11.9 Å². The lowest BCUT2D eigenvalue weighted by Gasteiger charge is -2.14. The molecular weight excluding hydrogens is 217 g/mol. The minimum absolute atomic E-state index is 0.642. The largest absolute Gasteiger partial charge is 0.480 e. The summed E-state index contributed by atoms with van der Waals surface area (Å²) in [5, 5.41) is 8.64. The molecule has 9 heteroatoms. The lowest BCUT2D eigenvalue weighted by molar-refractivity contribution is -0.177. The number of halogens is 5. The van der Waals surface area contributed by atoms with Gasteiger partial charge in [0.05, 0.1) is 0 Å². The molecule has 0 fully saturated rings. The van der Waals surface area contributed by atoms with Gasteiger partial charge in [-0.25, -0.2) is 13.6 Å². The molecule has 0 saturated heterocycles. The number of carboxylic acids is 1. The smallest absolute Gasteiger partial charge is 0.471 e. The summed E-state index contributed by atoms with van der Waals surface area (Å²) >= 11 is 0. The second-order valence-electron chi connectivity index (χ2n) is 2.12. The normalized spacial score (nSPS) is 13.9.